The van der Waals surface area contributed by atoms with E-state index in [4.69, 9.17) is 5.11 Å². The Kier molecular flexibility index (Phi) is 1.12. The lowest BCUT2D eigenvalue weighted by Crippen LogP contribution is -2.40. The molecule has 0 unspecified atom stereocenters. The van der Waals surface area contributed by atoms with Crippen molar-refractivity contribution in [3.8, 4) is 0 Å². The van der Waals surface area contributed by atoms with Crippen LogP contribution in [0, 0.1) is 5.41 Å². The Morgan fingerprint density at radius 3 is 2.50 bits per heavy atom. The molecule has 1 fully saturated rings. The third kappa shape index (κ3) is 0.564. The van der Waals surface area contributed by atoms with E-state index in [1.807, 2.05) is 0 Å². The van der Waals surface area contributed by atoms with Crippen LogP contribution in [-0.2, 0) is 4.79 Å². The molecule has 0 saturated heterocycles. The summed E-state index contributed by atoms with van der Waals surface area (Å²) in [6.45, 7) is 1.82. The second kappa shape index (κ2) is 1.55. The molecule has 0 amide bonds. The number of aliphatic hydroxyl groups excluding tert-OH is 1. The van der Waals surface area contributed by atoms with Gasteiger partial charge >= 0.3 is 0 Å². The average Bonchev–Trinajstić information content (AvgIpc) is 1.83. The molecule has 1 atom stereocenters. The lowest BCUT2D eigenvalue weighted by Gasteiger charge is -2.33. The minimum absolute atomic E-state index is 0.0197. The van der Waals surface area contributed by atoms with Crippen molar-refractivity contribution in [3.63, 3.8) is 0 Å². The standard InChI is InChI=1S/C6H10O2/c1-6(4-7)3-2-5(6)8/h7H,2-4H2,1H3/t6-/m1/s1. The zero-order valence-electron chi connectivity index (χ0n) is 4.98. The molecule has 8 heavy (non-hydrogen) atoms. The summed E-state index contributed by atoms with van der Waals surface area (Å²) >= 11 is 0. The molecule has 0 radical (unpaired) electrons. The quantitative estimate of drug-likeness (QED) is 0.534. The Morgan fingerprint density at radius 2 is 2.50 bits per heavy atom. The van der Waals surface area contributed by atoms with Gasteiger partial charge < -0.3 is 5.11 Å². The van der Waals surface area contributed by atoms with Crippen LogP contribution in [0.15, 0.2) is 0 Å². The SMILES string of the molecule is C[C@]1(CO)CCC1=O. The van der Waals surface area contributed by atoms with Crippen molar-refractivity contribution in [1.82, 2.24) is 0 Å². The number of carbonyl (C=O) groups excluding carboxylic acids is 1. The van der Waals surface area contributed by atoms with Crippen molar-refractivity contribution in [2.24, 2.45) is 5.41 Å². The third-order valence-electron chi connectivity index (χ3n) is 1.93. The average molecular weight is 114 g/mol. The lowest BCUT2D eigenvalue weighted by atomic mass is 9.70. The fourth-order valence-corrected chi connectivity index (χ4v) is 0.821. The van der Waals surface area contributed by atoms with Crippen molar-refractivity contribution in [2.75, 3.05) is 6.61 Å². The fourth-order valence-electron chi connectivity index (χ4n) is 0.821. The maximum absolute atomic E-state index is 10.6. The largest absolute Gasteiger partial charge is 0.395 e. The van der Waals surface area contributed by atoms with Gasteiger partial charge in [-0.25, -0.2) is 0 Å². The van der Waals surface area contributed by atoms with Gasteiger partial charge in [-0.2, -0.15) is 0 Å². The van der Waals surface area contributed by atoms with E-state index in [1.165, 1.54) is 0 Å². The van der Waals surface area contributed by atoms with E-state index < -0.39 is 0 Å². The molecular weight excluding hydrogens is 104 g/mol. The first kappa shape index (κ1) is 5.76. The van der Waals surface area contributed by atoms with Gasteiger partial charge in [-0.05, 0) is 6.42 Å². The maximum atomic E-state index is 10.6. The normalized spacial score (nSPS) is 37.0. The lowest BCUT2D eigenvalue weighted by molar-refractivity contribution is -0.139. The Balaban J connectivity index is 2.55. The van der Waals surface area contributed by atoms with E-state index in [-0.39, 0.29) is 17.8 Å². The second-order valence-electron chi connectivity index (χ2n) is 2.64. The van der Waals surface area contributed by atoms with Gasteiger partial charge in [0.05, 0.1) is 6.61 Å². The molecule has 0 aromatic carbocycles. The maximum Gasteiger partial charge on any atom is 0.141 e. The van der Waals surface area contributed by atoms with Gasteiger partial charge in [-0.3, -0.25) is 4.79 Å². The van der Waals surface area contributed by atoms with Crippen LogP contribution in [0.2, 0.25) is 0 Å². The summed E-state index contributed by atoms with van der Waals surface area (Å²) in [6, 6.07) is 0. The zero-order chi connectivity index (χ0) is 6.20. The molecule has 0 spiro atoms. The molecule has 0 bridgehead atoms. The minimum atomic E-state index is -0.361. The van der Waals surface area contributed by atoms with Gasteiger partial charge in [0.1, 0.15) is 5.78 Å². The van der Waals surface area contributed by atoms with Gasteiger partial charge in [0.25, 0.3) is 0 Å². The van der Waals surface area contributed by atoms with Gasteiger partial charge in [-0.15, -0.1) is 0 Å². The molecule has 2 heteroatoms. The number of carbonyl (C=O) groups is 1. The smallest absolute Gasteiger partial charge is 0.141 e. The number of Topliss-reactive ketones (excluding diaryl/α,β-unsaturated/α-hetero) is 1. The number of ketones is 1. The van der Waals surface area contributed by atoms with Crippen molar-refractivity contribution in [3.05, 3.63) is 0 Å². The molecule has 0 aliphatic heterocycles. The first-order valence-corrected chi connectivity index (χ1v) is 2.83. The molecule has 1 aliphatic rings. The summed E-state index contributed by atoms with van der Waals surface area (Å²) in [5.41, 5.74) is -0.361. The second-order valence-corrected chi connectivity index (χ2v) is 2.64. The summed E-state index contributed by atoms with van der Waals surface area (Å²) in [5.74, 6) is 0.208. The highest BCUT2D eigenvalue weighted by Gasteiger charge is 2.40. The minimum Gasteiger partial charge on any atom is -0.395 e. The van der Waals surface area contributed by atoms with Crippen LogP contribution < -0.4 is 0 Å². The van der Waals surface area contributed by atoms with E-state index in [2.05, 4.69) is 0 Å². The topological polar surface area (TPSA) is 37.3 Å². The summed E-state index contributed by atoms with van der Waals surface area (Å²) in [7, 11) is 0. The van der Waals surface area contributed by atoms with Crippen LogP contribution in [0.25, 0.3) is 0 Å². The summed E-state index contributed by atoms with van der Waals surface area (Å²) in [5, 5.41) is 8.59. The van der Waals surface area contributed by atoms with E-state index >= 15 is 0 Å². The van der Waals surface area contributed by atoms with Crippen LogP contribution in [0.3, 0.4) is 0 Å². The fraction of sp³-hybridized carbons (Fsp3) is 0.833. The first-order valence-electron chi connectivity index (χ1n) is 2.83. The van der Waals surface area contributed by atoms with Crippen molar-refractivity contribution in [1.29, 1.82) is 0 Å². The number of hydrogen-bond donors (Lipinski definition) is 1. The molecule has 1 aliphatic carbocycles. The molecule has 0 heterocycles. The highest BCUT2D eigenvalue weighted by Crippen LogP contribution is 2.35. The summed E-state index contributed by atoms with van der Waals surface area (Å²) in [4.78, 5) is 10.6. The van der Waals surface area contributed by atoms with Gasteiger partial charge in [-0.1, -0.05) is 6.92 Å². The van der Waals surface area contributed by atoms with Gasteiger partial charge in [0.15, 0.2) is 0 Å². The van der Waals surface area contributed by atoms with E-state index in [1.54, 1.807) is 6.92 Å². The molecule has 46 valence electrons. The summed E-state index contributed by atoms with van der Waals surface area (Å²) < 4.78 is 0. The van der Waals surface area contributed by atoms with Crippen LogP contribution >= 0.6 is 0 Å². The highest BCUT2D eigenvalue weighted by molar-refractivity contribution is 5.90. The molecular formula is C6H10O2. The predicted molar refractivity (Wildman–Crippen MR) is 29.4 cm³/mol. The number of aliphatic hydroxyl groups is 1. The van der Waals surface area contributed by atoms with Crippen LogP contribution in [0.1, 0.15) is 19.8 Å². The number of hydrogen-bond acceptors (Lipinski definition) is 2. The third-order valence-corrected chi connectivity index (χ3v) is 1.93. The Hall–Kier alpha value is -0.370. The van der Waals surface area contributed by atoms with Crippen LogP contribution in [0.4, 0.5) is 0 Å². The molecule has 0 aromatic rings. The molecule has 1 rings (SSSR count). The van der Waals surface area contributed by atoms with Crippen LogP contribution in [0.5, 0.6) is 0 Å². The Bertz CT molecular complexity index is 116. The molecule has 2 nitrogen and oxygen atoms in total. The van der Waals surface area contributed by atoms with Crippen LogP contribution in [-0.4, -0.2) is 17.5 Å². The van der Waals surface area contributed by atoms with Crippen molar-refractivity contribution >= 4 is 5.78 Å². The van der Waals surface area contributed by atoms with Gasteiger partial charge in [0, 0.05) is 11.8 Å². The molecule has 1 saturated carbocycles. The Labute approximate surface area is 48.5 Å². The highest BCUT2D eigenvalue weighted by atomic mass is 16.3. The number of rotatable bonds is 1. The predicted octanol–water partition coefficient (Wildman–Crippen LogP) is 0.348. The summed E-state index contributed by atoms with van der Waals surface area (Å²) in [6.07, 6.45) is 1.53. The van der Waals surface area contributed by atoms with E-state index in [0.717, 1.165) is 6.42 Å². The van der Waals surface area contributed by atoms with E-state index in [9.17, 15) is 4.79 Å². The Morgan fingerprint density at radius 1 is 1.88 bits per heavy atom. The molecule has 1 N–H and O–H groups in total. The first-order chi connectivity index (χ1) is 3.69. The van der Waals surface area contributed by atoms with Crippen molar-refractivity contribution in [2.45, 2.75) is 19.8 Å². The molecule has 0 aromatic heterocycles. The zero-order valence-corrected chi connectivity index (χ0v) is 4.98. The monoisotopic (exact) mass is 114 g/mol. The van der Waals surface area contributed by atoms with E-state index in [0.29, 0.717) is 6.42 Å². The van der Waals surface area contributed by atoms with Crippen molar-refractivity contribution < 1.29 is 9.90 Å². The van der Waals surface area contributed by atoms with Gasteiger partial charge in [0.2, 0.25) is 0 Å².